The fourth-order valence-corrected chi connectivity index (χ4v) is 1.71. The van der Waals surface area contributed by atoms with Crippen LogP contribution < -0.4 is 10.1 Å². The number of nitrogens with one attached hydrogen (secondary N) is 1. The first-order valence-corrected chi connectivity index (χ1v) is 5.14. The van der Waals surface area contributed by atoms with Crippen molar-refractivity contribution in [2.24, 2.45) is 0 Å². The summed E-state index contributed by atoms with van der Waals surface area (Å²) in [6.45, 7) is 5.97. The molecule has 1 heterocycles. The van der Waals surface area contributed by atoms with E-state index in [2.05, 4.69) is 5.32 Å². The van der Waals surface area contributed by atoms with E-state index in [1.165, 1.54) is 5.56 Å². The molecule has 1 aliphatic heterocycles. The molecule has 0 aliphatic carbocycles. The van der Waals surface area contributed by atoms with Gasteiger partial charge in [0.15, 0.2) is 0 Å². The molecule has 15 heavy (non-hydrogen) atoms. The summed E-state index contributed by atoms with van der Waals surface area (Å²) in [5.74, 6) is 0.793. The third-order valence-electron chi connectivity index (χ3n) is 2.67. The van der Waals surface area contributed by atoms with Crippen molar-refractivity contribution in [2.45, 2.75) is 33.3 Å². The summed E-state index contributed by atoms with van der Waals surface area (Å²) in [4.78, 5) is 11.5. The highest BCUT2D eigenvalue weighted by Gasteiger charge is 2.19. The lowest BCUT2D eigenvalue weighted by Gasteiger charge is -2.13. The van der Waals surface area contributed by atoms with Gasteiger partial charge in [0.2, 0.25) is 5.91 Å². The van der Waals surface area contributed by atoms with Gasteiger partial charge in [-0.05, 0) is 44.0 Å². The molecule has 1 aromatic carbocycles. The third-order valence-corrected chi connectivity index (χ3v) is 2.67. The highest BCUT2D eigenvalue weighted by Crippen LogP contribution is 2.31. The van der Waals surface area contributed by atoms with Gasteiger partial charge in [0.25, 0.3) is 0 Å². The molecule has 2 rings (SSSR count). The molecule has 0 radical (unpaired) electrons. The van der Waals surface area contributed by atoms with Gasteiger partial charge in [0, 0.05) is 0 Å². The van der Waals surface area contributed by atoms with Crippen molar-refractivity contribution in [1.82, 2.24) is 0 Å². The van der Waals surface area contributed by atoms with Crippen LogP contribution in [0.2, 0.25) is 0 Å². The number of anilines is 1. The van der Waals surface area contributed by atoms with Crippen molar-refractivity contribution in [3.63, 3.8) is 0 Å². The number of benzene rings is 1. The van der Waals surface area contributed by atoms with Crippen LogP contribution in [0.15, 0.2) is 12.1 Å². The number of ether oxygens (including phenoxy) is 1. The normalized spacial score (nSPS) is 19.9. The van der Waals surface area contributed by atoms with Crippen LogP contribution in [0.4, 0.5) is 5.69 Å². The molecule has 0 aromatic heterocycles. The van der Waals surface area contributed by atoms with Gasteiger partial charge in [-0.1, -0.05) is 0 Å². The maximum atomic E-state index is 11.5. The van der Waals surface area contributed by atoms with Crippen LogP contribution in [-0.4, -0.2) is 12.0 Å². The van der Waals surface area contributed by atoms with E-state index in [1.807, 2.05) is 32.9 Å². The van der Waals surface area contributed by atoms with Crippen LogP contribution >= 0.6 is 0 Å². The number of fused-ring (bicyclic) bond motifs is 1. The van der Waals surface area contributed by atoms with Gasteiger partial charge in [0.05, 0.1) is 12.1 Å². The van der Waals surface area contributed by atoms with Gasteiger partial charge in [0.1, 0.15) is 11.9 Å². The third kappa shape index (κ3) is 1.96. The molecule has 1 N–H and O–H groups in total. The van der Waals surface area contributed by atoms with Crippen molar-refractivity contribution in [3.8, 4) is 5.75 Å². The molecule has 0 fully saturated rings. The number of carbonyl (C=O) groups excluding carboxylic acids is 1. The minimum Gasteiger partial charge on any atom is -0.488 e. The van der Waals surface area contributed by atoms with Crippen LogP contribution in [0, 0.1) is 13.8 Å². The second-order valence-electron chi connectivity index (χ2n) is 4.11. The Kier molecular flexibility index (Phi) is 2.39. The highest BCUT2D eigenvalue weighted by molar-refractivity contribution is 5.93. The van der Waals surface area contributed by atoms with E-state index in [1.54, 1.807) is 0 Å². The SMILES string of the molecule is Cc1cc2c(cc1C)OC(C)CC(=O)N2. The van der Waals surface area contributed by atoms with E-state index in [-0.39, 0.29) is 12.0 Å². The summed E-state index contributed by atoms with van der Waals surface area (Å²) in [6, 6.07) is 3.94. The van der Waals surface area contributed by atoms with Crippen molar-refractivity contribution in [3.05, 3.63) is 23.3 Å². The van der Waals surface area contributed by atoms with Gasteiger partial charge < -0.3 is 10.1 Å². The van der Waals surface area contributed by atoms with Crippen LogP contribution in [0.1, 0.15) is 24.5 Å². The van der Waals surface area contributed by atoms with Crippen LogP contribution in [-0.2, 0) is 4.79 Å². The maximum absolute atomic E-state index is 11.5. The second kappa shape index (κ2) is 3.57. The molecule has 0 bridgehead atoms. The number of rotatable bonds is 0. The average Bonchev–Trinajstić information content (AvgIpc) is 2.24. The molecule has 1 atom stereocenters. The minimum absolute atomic E-state index is 0.0181. The summed E-state index contributed by atoms with van der Waals surface area (Å²) in [5, 5.41) is 2.86. The zero-order chi connectivity index (χ0) is 11.0. The van der Waals surface area contributed by atoms with Gasteiger partial charge >= 0.3 is 0 Å². The summed E-state index contributed by atoms with van der Waals surface area (Å²) in [6.07, 6.45) is 0.348. The molecule has 3 nitrogen and oxygen atoms in total. The van der Waals surface area contributed by atoms with Gasteiger partial charge in [-0.2, -0.15) is 0 Å². The topological polar surface area (TPSA) is 38.3 Å². The molecule has 1 aliphatic rings. The summed E-state index contributed by atoms with van der Waals surface area (Å²) >= 11 is 0. The van der Waals surface area contributed by atoms with Crippen molar-refractivity contribution in [1.29, 1.82) is 0 Å². The lowest BCUT2D eigenvalue weighted by molar-refractivity contribution is -0.117. The minimum atomic E-state index is -0.0617. The smallest absolute Gasteiger partial charge is 0.228 e. The summed E-state index contributed by atoms with van der Waals surface area (Å²) < 4.78 is 5.68. The van der Waals surface area contributed by atoms with E-state index in [9.17, 15) is 4.79 Å². The van der Waals surface area contributed by atoms with Gasteiger partial charge in [-0.3, -0.25) is 4.79 Å². The van der Waals surface area contributed by atoms with Crippen molar-refractivity contribution in [2.75, 3.05) is 5.32 Å². The molecule has 1 unspecified atom stereocenters. The number of aryl methyl sites for hydroxylation is 2. The van der Waals surface area contributed by atoms with Crippen LogP contribution in [0.5, 0.6) is 5.75 Å². The Hall–Kier alpha value is -1.51. The Morgan fingerprint density at radius 1 is 1.33 bits per heavy atom. The zero-order valence-electron chi connectivity index (χ0n) is 9.26. The van der Waals surface area contributed by atoms with Crippen LogP contribution in [0.3, 0.4) is 0 Å². The molecule has 1 aromatic rings. The molecule has 0 saturated carbocycles. The monoisotopic (exact) mass is 205 g/mol. The molecule has 0 saturated heterocycles. The highest BCUT2D eigenvalue weighted by atomic mass is 16.5. The molecule has 1 amide bonds. The van der Waals surface area contributed by atoms with E-state index in [4.69, 9.17) is 4.74 Å². The van der Waals surface area contributed by atoms with Crippen molar-refractivity contribution < 1.29 is 9.53 Å². The lowest BCUT2D eigenvalue weighted by Crippen LogP contribution is -2.17. The van der Waals surface area contributed by atoms with E-state index >= 15 is 0 Å². The molecule has 80 valence electrons. The maximum Gasteiger partial charge on any atom is 0.228 e. The first kappa shape index (κ1) is 10.0. The Bertz CT molecular complexity index is 412. The fourth-order valence-electron chi connectivity index (χ4n) is 1.71. The number of hydrogen-bond acceptors (Lipinski definition) is 2. The van der Waals surface area contributed by atoms with Gasteiger partial charge in [-0.15, -0.1) is 0 Å². The number of carbonyl (C=O) groups is 1. The molecular formula is C12H15NO2. The quantitative estimate of drug-likeness (QED) is 0.706. The van der Waals surface area contributed by atoms with Crippen LogP contribution in [0.25, 0.3) is 0 Å². The number of hydrogen-bond donors (Lipinski definition) is 1. The Balaban J connectivity index is 2.46. The van der Waals surface area contributed by atoms with Gasteiger partial charge in [-0.25, -0.2) is 0 Å². The van der Waals surface area contributed by atoms with E-state index < -0.39 is 0 Å². The fraction of sp³-hybridized carbons (Fsp3) is 0.417. The predicted molar refractivity (Wildman–Crippen MR) is 59.3 cm³/mol. The molecule has 3 heteroatoms. The van der Waals surface area contributed by atoms with Crippen molar-refractivity contribution >= 4 is 11.6 Å². The standard InChI is InChI=1S/C12H15NO2/c1-7-4-10-11(5-8(7)2)15-9(3)6-12(14)13-10/h4-5,9H,6H2,1-3H3,(H,13,14). The molecule has 0 spiro atoms. The first-order valence-electron chi connectivity index (χ1n) is 5.14. The largest absolute Gasteiger partial charge is 0.488 e. The number of amides is 1. The zero-order valence-corrected chi connectivity index (χ0v) is 9.26. The lowest BCUT2D eigenvalue weighted by atomic mass is 10.1. The average molecular weight is 205 g/mol. The Morgan fingerprint density at radius 3 is 2.73 bits per heavy atom. The first-order chi connectivity index (χ1) is 7.06. The van der Waals surface area contributed by atoms with E-state index in [0.29, 0.717) is 6.42 Å². The molecular weight excluding hydrogens is 190 g/mol. The summed E-state index contributed by atoms with van der Waals surface area (Å²) in [5.41, 5.74) is 3.12. The van der Waals surface area contributed by atoms with E-state index in [0.717, 1.165) is 17.0 Å². The Morgan fingerprint density at radius 2 is 2.00 bits per heavy atom. The predicted octanol–water partition coefficient (Wildman–Crippen LogP) is 2.41. The Labute approximate surface area is 89.4 Å². The summed E-state index contributed by atoms with van der Waals surface area (Å²) in [7, 11) is 0. The second-order valence-corrected chi connectivity index (χ2v) is 4.11.